The van der Waals surface area contributed by atoms with Crippen LogP contribution in [0.4, 0.5) is 5.69 Å². The maximum absolute atomic E-state index is 12.2. The molecule has 0 aliphatic carbocycles. The maximum Gasteiger partial charge on any atom is 0.248 e. The van der Waals surface area contributed by atoms with Crippen LogP contribution in [-0.2, 0) is 9.53 Å². The van der Waals surface area contributed by atoms with Crippen molar-refractivity contribution >= 4 is 17.4 Å². The Morgan fingerprint density at radius 2 is 1.79 bits per heavy atom. The Bertz CT molecular complexity index is 574. The van der Waals surface area contributed by atoms with Gasteiger partial charge in [-0.25, -0.2) is 0 Å². The lowest BCUT2D eigenvalue weighted by Crippen LogP contribution is -3.14. The first-order valence-corrected chi connectivity index (χ1v) is 8.05. The smallest absolute Gasteiger partial charge is 0.248 e. The first kappa shape index (κ1) is 20.4. The van der Waals surface area contributed by atoms with Crippen LogP contribution in [0, 0.1) is 0 Å². The second kappa shape index (κ2) is 10.2. The molecular weight excluding hydrogens is 328 g/mol. The number of Topliss-reactive ketones (excluding diaryl/α,β-unsaturated/α-hetero) is 1. The Labute approximate surface area is 149 Å². The zero-order chi connectivity index (χ0) is 16.7. The van der Waals surface area contributed by atoms with Crippen molar-refractivity contribution in [3.8, 4) is 0 Å². The SMILES string of the molecule is CC(C)=CC(=O)Nc1ccc(C(=O)CC[NH+]2CCOCC2)cc1.[Cl-]. The highest BCUT2D eigenvalue weighted by molar-refractivity contribution is 6.00. The summed E-state index contributed by atoms with van der Waals surface area (Å²) in [5.41, 5.74) is 2.33. The summed E-state index contributed by atoms with van der Waals surface area (Å²) < 4.78 is 5.32. The third-order valence-electron chi connectivity index (χ3n) is 3.80. The molecule has 1 amide bonds. The van der Waals surface area contributed by atoms with Crippen LogP contribution in [0.1, 0.15) is 30.6 Å². The molecule has 1 aromatic carbocycles. The minimum absolute atomic E-state index is 0. The molecule has 0 atom stereocenters. The molecule has 1 fully saturated rings. The summed E-state index contributed by atoms with van der Waals surface area (Å²) in [4.78, 5) is 25.3. The van der Waals surface area contributed by atoms with Gasteiger partial charge in [0.25, 0.3) is 0 Å². The summed E-state index contributed by atoms with van der Waals surface area (Å²) in [6.45, 7) is 8.11. The predicted molar refractivity (Wildman–Crippen MR) is 89.8 cm³/mol. The molecule has 0 radical (unpaired) electrons. The van der Waals surface area contributed by atoms with Crippen LogP contribution < -0.4 is 22.6 Å². The van der Waals surface area contributed by atoms with Gasteiger partial charge in [0.1, 0.15) is 13.1 Å². The molecule has 1 saturated heterocycles. The summed E-state index contributed by atoms with van der Waals surface area (Å²) in [5, 5.41) is 2.78. The normalized spacial score (nSPS) is 14.4. The topological polar surface area (TPSA) is 59.8 Å². The highest BCUT2D eigenvalue weighted by atomic mass is 35.5. The number of rotatable bonds is 6. The van der Waals surface area contributed by atoms with Crippen molar-refractivity contribution in [2.75, 3.05) is 38.2 Å². The number of morpholine rings is 1. The lowest BCUT2D eigenvalue weighted by atomic mass is 10.1. The summed E-state index contributed by atoms with van der Waals surface area (Å²) in [5.74, 6) is -0.00818. The van der Waals surface area contributed by atoms with E-state index in [1.807, 2.05) is 13.8 Å². The lowest BCUT2D eigenvalue weighted by molar-refractivity contribution is -0.907. The van der Waals surface area contributed by atoms with E-state index >= 15 is 0 Å². The van der Waals surface area contributed by atoms with Gasteiger partial charge in [0.05, 0.1) is 26.2 Å². The Morgan fingerprint density at radius 1 is 1.17 bits per heavy atom. The van der Waals surface area contributed by atoms with Crippen LogP contribution >= 0.6 is 0 Å². The average molecular weight is 353 g/mol. The van der Waals surface area contributed by atoms with Gasteiger partial charge in [-0.05, 0) is 38.1 Å². The van der Waals surface area contributed by atoms with Crippen LogP contribution in [0.15, 0.2) is 35.9 Å². The number of carbonyl (C=O) groups is 2. The monoisotopic (exact) mass is 352 g/mol. The van der Waals surface area contributed by atoms with Gasteiger partial charge in [-0.15, -0.1) is 0 Å². The van der Waals surface area contributed by atoms with E-state index in [1.165, 1.54) is 4.90 Å². The number of ketones is 1. The molecule has 24 heavy (non-hydrogen) atoms. The summed E-state index contributed by atoms with van der Waals surface area (Å²) >= 11 is 0. The van der Waals surface area contributed by atoms with Gasteiger partial charge in [0, 0.05) is 17.3 Å². The van der Waals surface area contributed by atoms with Gasteiger partial charge in [0.2, 0.25) is 5.91 Å². The minimum Gasteiger partial charge on any atom is -1.00 e. The van der Waals surface area contributed by atoms with Gasteiger partial charge >= 0.3 is 0 Å². The van der Waals surface area contributed by atoms with Crippen molar-refractivity contribution in [1.82, 2.24) is 0 Å². The largest absolute Gasteiger partial charge is 1.00 e. The molecule has 2 rings (SSSR count). The first-order valence-electron chi connectivity index (χ1n) is 8.05. The van der Waals surface area contributed by atoms with Gasteiger partial charge in [-0.2, -0.15) is 0 Å². The number of nitrogens with one attached hydrogen (secondary N) is 2. The fourth-order valence-corrected chi connectivity index (χ4v) is 2.52. The highest BCUT2D eigenvalue weighted by Gasteiger charge is 2.16. The number of quaternary nitrogens is 1. The van der Waals surface area contributed by atoms with Crippen molar-refractivity contribution in [1.29, 1.82) is 0 Å². The number of hydrogen-bond donors (Lipinski definition) is 2. The summed E-state index contributed by atoms with van der Waals surface area (Å²) in [6, 6.07) is 7.08. The van der Waals surface area contributed by atoms with Crippen molar-refractivity contribution in [2.24, 2.45) is 0 Å². The predicted octanol–water partition coefficient (Wildman–Crippen LogP) is -1.92. The molecule has 2 N–H and O–H groups in total. The van der Waals surface area contributed by atoms with E-state index in [1.54, 1.807) is 30.3 Å². The van der Waals surface area contributed by atoms with E-state index in [4.69, 9.17) is 4.74 Å². The highest BCUT2D eigenvalue weighted by Crippen LogP contribution is 2.11. The Morgan fingerprint density at radius 3 is 2.38 bits per heavy atom. The van der Waals surface area contributed by atoms with Crippen LogP contribution in [0.3, 0.4) is 0 Å². The van der Waals surface area contributed by atoms with E-state index in [9.17, 15) is 9.59 Å². The van der Waals surface area contributed by atoms with Crippen molar-refractivity contribution in [3.63, 3.8) is 0 Å². The van der Waals surface area contributed by atoms with Gasteiger partial charge in [-0.3, -0.25) is 9.59 Å². The number of carbonyl (C=O) groups excluding carboxylic acids is 2. The molecule has 132 valence electrons. The molecule has 1 aliphatic rings. The molecule has 0 spiro atoms. The maximum atomic E-state index is 12.2. The van der Waals surface area contributed by atoms with Crippen LogP contribution in [0.2, 0.25) is 0 Å². The average Bonchev–Trinajstić information content (AvgIpc) is 2.53. The Hall–Kier alpha value is -1.69. The standard InChI is InChI=1S/C18H24N2O3.ClH/c1-14(2)13-18(22)19-16-5-3-15(4-6-16)17(21)7-8-20-9-11-23-12-10-20;/h3-6,13H,7-12H2,1-2H3,(H,19,22);1H. The Kier molecular flexibility index (Phi) is 8.68. The third-order valence-corrected chi connectivity index (χ3v) is 3.80. The van der Waals surface area contributed by atoms with E-state index < -0.39 is 0 Å². The Balaban J connectivity index is 0.00000288. The molecule has 6 heteroatoms. The summed E-state index contributed by atoms with van der Waals surface area (Å²) in [7, 11) is 0. The molecule has 0 saturated carbocycles. The van der Waals surface area contributed by atoms with Gasteiger partial charge < -0.3 is 27.4 Å². The molecule has 1 aromatic rings. The minimum atomic E-state index is -0.153. The lowest BCUT2D eigenvalue weighted by Gasteiger charge is -2.23. The zero-order valence-corrected chi connectivity index (χ0v) is 15.0. The van der Waals surface area contributed by atoms with Crippen molar-refractivity contribution in [3.05, 3.63) is 41.5 Å². The number of anilines is 1. The van der Waals surface area contributed by atoms with Gasteiger partial charge in [-0.1, -0.05) is 5.57 Å². The summed E-state index contributed by atoms with van der Waals surface area (Å²) in [6.07, 6.45) is 2.09. The number of halogens is 1. The van der Waals surface area contributed by atoms with Crippen LogP contribution in [-0.4, -0.2) is 44.5 Å². The van der Waals surface area contributed by atoms with Gasteiger partial charge in [0.15, 0.2) is 5.78 Å². The zero-order valence-electron chi connectivity index (χ0n) is 14.2. The van der Waals surface area contributed by atoms with Crippen LogP contribution in [0.25, 0.3) is 0 Å². The molecule has 0 bridgehead atoms. The number of hydrogen-bond acceptors (Lipinski definition) is 3. The molecule has 0 aromatic heterocycles. The fraction of sp³-hybridized carbons (Fsp3) is 0.444. The van der Waals surface area contributed by atoms with E-state index in [-0.39, 0.29) is 24.1 Å². The van der Waals surface area contributed by atoms with Crippen LogP contribution in [0.5, 0.6) is 0 Å². The number of ether oxygens (including phenoxy) is 1. The molecule has 5 nitrogen and oxygen atoms in total. The molecular formula is C18H25ClN2O3. The molecule has 1 aliphatic heterocycles. The fourth-order valence-electron chi connectivity index (χ4n) is 2.52. The number of amides is 1. The van der Waals surface area contributed by atoms with Crippen molar-refractivity contribution < 1.29 is 31.6 Å². The molecule has 0 unspecified atom stereocenters. The second-order valence-corrected chi connectivity index (χ2v) is 6.07. The molecule has 1 heterocycles. The van der Waals surface area contributed by atoms with E-state index in [0.29, 0.717) is 17.7 Å². The third kappa shape index (κ3) is 6.83. The quantitative estimate of drug-likeness (QED) is 0.464. The number of allylic oxidation sites excluding steroid dienone is 1. The second-order valence-electron chi connectivity index (χ2n) is 6.07. The van der Waals surface area contributed by atoms with E-state index in [0.717, 1.165) is 38.4 Å². The first-order chi connectivity index (χ1) is 11.0. The van der Waals surface area contributed by atoms with Crippen molar-refractivity contribution in [2.45, 2.75) is 20.3 Å². The number of benzene rings is 1. The van der Waals surface area contributed by atoms with E-state index in [2.05, 4.69) is 5.32 Å².